The Hall–Kier alpha value is -2.11. The predicted octanol–water partition coefficient (Wildman–Crippen LogP) is 2.15. The zero-order valence-corrected chi connectivity index (χ0v) is 11.2. The third-order valence-electron chi connectivity index (χ3n) is 3.49. The zero-order valence-electron chi connectivity index (χ0n) is 11.2. The van der Waals surface area contributed by atoms with Crippen molar-refractivity contribution in [3.8, 4) is 0 Å². The van der Waals surface area contributed by atoms with Crippen molar-refractivity contribution in [1.29, 1.82) is 0 Å². The minimum absolute atomic E-state index is 0.367. The van der Waals surface area contributed by atoms with Crippen molar-refractivity contribution >= 4 is 12.0 Å². The highest BCUT2D eigenvalue weighted by Crippen LogP contribution is 2.19. The SMILES string of the molecule is CC(NC(=O)N1CCC[C@H]1C(=O)O)c1cccc(F)c1. The largest absolute Gasteiger partial charge is 0.480 e. The van der Waals surface area contributed by atoms with E-state index in [9.17, 15) is 14.0 Å². The average molecular weight is 280 g/mol. The van der Waals surface area contributed by atoms with E-state index in [1.807, 2.05) is 0 Å². The Balaban J connectivity index is 2.02. The zero-order chi connectivity index (χ0) is 14.7. The molecule has 0 aromatic heterocycles. The summed E-state index contributed by atoms with van der Waals surface area (Å²) >= 11 is 0. The molecule has 5 nitrogen and oxygen atoms in total. The molecule has 2 N–H and O–H groups in total. The molecule has 6 heteroatoms. The Bertz CT molecular complexity index is 521. The minimum atomic E-state index is -0.990. The van der Waals surface area contributed by atoms with Gasteiger partial charge in [0.05, 0.1) is 6.04 Å². The monoisotopic (exact) mass is 280 g/mol. The maximum absolute atomic E-state index is 13.1. The molecule has 2 amide bonds. The lowest BCUT2D eigenvalue weighted by atomic mass is 10.1. The molecule has 20 heavy (non-hydrogen) atoms. The van der Waals surface area contributed by atoms with Crippen LogP contribution in [0.1, 0.15) is 31.4 Å². The van der Waals surface area contributed by atoms with Crippen molar-refractivity contribution in [2.75, 3.05) is 6.54 Å². The van der Waals surface area contributed by atoms with Crippen molar-refractivity contribution in [2.24, 2.45) is 0 Å². The van der Waals surface area contributed by atoms with Gasteiger partial charge < -0.3 is 15.3 Å². The Kier molecular flexibility index (Phi) is 4.22. The lowest BCUT2D eigenvalue weighted by Gasteiger charge is -2.24. The highest BCUT2D eigenvalue weighted by atomic mass is 19.1. The number of carbonyl (C=O) groups is 2. The van der Waals surface area contributed by atoms with Crippen molar-refractivity contribution in [3.05, 3.63) is 35.6 Å². The molecule has 2 rings (SSSR count). The van der Waals surface area contributed by atoms with E-state index >= 15 is 0 Å². The van der Waals surface area contributed by atoms with Crippen LogP contribution in [0.5, 0.6) is 0 Å². The molecular weight excluding hydrogens is 263 g/mol. The number of carbonyl (C=O) groups excluding carboxylic acids is 1. The number of urea groups is 1. The molecule has 0 radical (unpaired) electrons. The molecular formula is C14H17FN2O3. The van der Waals surface area contributed by atoms with E-state index in [2.05, 4.69) is 5.32 Å². The fraction of sp³-hybridized carbons (Fsp3) is 0.429. The van der Waals surface area contributed by atoms with E-state index in [0.29, 0.717) is 24.9 Å². The molecule has 1 aromatic carbocycles. The summed E-state index contributed by atoms with van der Waals surface area (Å²) in [5.41, 5.74) is 0.643. The maximum atomic E-state index is 13.1. The molecule has 1 saturated heterocycles. The van der Waals surface area contributed by atoms with Crippen LogP contribution in [0.4, 0.5) is 9.18 Å². The van der Waals surface area contributed by atoms with Crippen molar-refractivity contribution < 1.29 is 19.1 Å². The molecule has 1 aliphatic heterocycles. The molecule has 0 spiro atoms. The Morgan fingerprint density at radius 3 is 2.90 bits per heavy atom. The van der Waals surface area contributed by atoms with Gasteiger partial charge in [-0.05, 0) is 37.5 Å². The first-order chi connectivity index (χ1) is 9.49. The first kappa shape index (κ1) is 14.3. The van der Waals surface area contributed by atoms with E-state index in [0.717, 1.165) is 0 Å². The third kappa shape index (κ3) is 3.07. The molecule has 1 fully saturated rings. The number of aliphatic carboxylic acids is 1. The van der Waals surface area contributed by atoms with Gasteiger partial charge >= 0.3 is 12.0 Å². The van der Waals surface area contributed by atoms with Gasteiger partial charge in [-0.25, -0.2) is 14.0 Å². The lowest BCUT2D eigenvalue weighted by molar-refractivity contribution is -0.141. The molecule has 1 aromatic rings. The Morgan fingerprint density at radius 2 is 2.25 bits per heavy atom. The minimum Gasteiger partial charge on any atom is -0.480 e. The first-order valence-corrected chi connectivity index (χ1v) is 6.54. The van der Waals surface area contributed by atoms with Gasteiger partial charge in [-0.3, -0.25) is 0 Å². The second-order valence-electron chi connectivity index (χ2n) is 4.92. The molecule has 0 aliphatic carbocycles. The molecule has 1 aliphatic rings. The smallest absolute Gasteiger partial charge is 0.326 e. The van der Waals surface area contributed by atoms with Crippen LogP contribution in [0.15, 0.2) is 24.3 Å². The maximum Gasteiger partial charge on any atom is 0.326 e. The summed E-state index contributed by atoms with van der Waals surface area (Å²) in [6.45, 7) is 2.16. The number of hydrogen-bond acceptors (Lipinski definition) is 2. The van der Waals surface area contributed by atoms with Gasteiger partial charge in [0.15, 0.2) is 0 Å². The van der Waals surface area contributed by atoms with Crippen LogP contribution in [0.25, 0.3) is 0 Å². The number of halogens is 1. The van der Waals surface area contributed by atoms with Gasteiger partial charge in [0.1, 0.15) is 11.9 Å². The summed E-state index contributed by atoms with van der Waals surface area (Å²) in [5.74, 6) is -1.36. The topological polar surface area (TPSA) is 69.6 Å². The number of hydrogen-bond donors (Lipinski definition) is 2. The molecule has 1 heterocycles. The molecule has 0 bridgehead atoms. The van der Waals surface area contributed by atoms with Crippen molar-refractivity contribution in [3.63, 3.8) is 0 Å². The van der Waals surface area contributed by atoms with Gasteiger partial charge in [0.25, 0.3) is 0 Å². The fourth-order valence-corrected chi connectivity index (χ4v) is 2.39. The number of rotatable bonds is 3. The van der Waals surface area contributed by atoms with Crippen LogP contribution in [0.3, 0.4) is 0 Å². The third-order valence-corrected chi connectivity index (χ3v) is 3.49. The second kappa shape index (κ2) is 5.90. The summed E-state index contributed by atoms with van der Waals surface area (Å²) in [6, 6.07) is 4.40. The molecule has 108 valence electrons. The molecule has 2 atom stereocenters. The van der Waals surface area contributed by atoms with Crippen LogP contribution in [-0.2, 0) is 4.79 Å². The summed E-state index contributed by atoms with van der Waals surface area (Å²) in [6.07, 6.45) is 1.15. The van der Waals surface area contributed by atoms with Crippen LogP contribution in [0.2, 0.25) is 0 Å². The van der Waals surface area contributed by atoms with Gasteiger partial charge in [-0.1, -0.05) is 12.1 Å². The summed E-state index contributed by atoms with van der Waals surface area (Å²) < 4.78 is 13.1. The number of carboxylic acid groups (broad SMARTS) is 1. The number of carboxylic acids is 1. The normalized spacial score (nSPS) is 19.7. The highest BCUT2D eigenvalue weighted by Gasteiger charge is 2.34. The number of nitrogens with one attached hydrogen (secondary N) is 1. The van der Waals surface area contributed by atoms with Crippen LogP contribution < -0.4 is 5.32 Å². The summed E-state index contributed by atoms with van der Waals surface area (Å²) in [7, 11) is 0. The van der Waals surface area contributed by atoms with E-state index in [1.165, 1.54) is 17.0 Å². The number of amides is 2. The predicted molar refractivity (Wildman–Crippen MR) is 70.7 cm³/mol. The van der Waals surface area contributed by atoms with Crippen LogP contribution in [0, 0.1) is 5.82 Å². The Morgan fingerprint density at radius 1 is 1.50 bits per heavy atom. The lowest BCUT2D eigenvalue weighted by Crippen LogP contribution is -2.46. The van der Waals surface area contributed by atoms with Gasteiger partial charge in [-0.15, -0.1) is 0 Å². The van der Waals surface area contributed by atoms with E-state index in [1.54, 1.807) is 19.1 Å². The standard InChI is InChI=1S/C14H17FN2O3/c1-9(10-4-2-5-11(15)8-10)16-14(20)17-7-3-6-12(17)13(18)19/h2,4-5,8-9,12H,3,6-7H2,1H3,(H,16,20)(H,18,19)/t9?,12-/m0/s1. The van der Waals surface area contributed by atoms with Crippen molar-refractivity contribution in [1.82, 2.24) is 10.2 Å². The summed E-state index contributed by atoms with van der Waals surface area (Å²) in [4.78, 5) is 24.4. The van der Waals surface area contributed by atoms with Gasteiger partial charge in [0, 0.05) is 6.54 Å². The highest BCUT2D eigenvalue weighted by molar-refractivity contribution is 5.83. The van der Waals surface area contributed by atoms with Gasteiger partial charge in [0.2, 0.25) is 0 Å². The quantitative estimate of drug-likeness (QED) is 0.891. The van der Waals surface area contributed by atoms with Crippen LogP contribution >= 0.6 is 0 Å². The van der Waals surface area contributed by atoms with E-state index < -0.39 is 18.0 Å². The van der Waals surface area contributed by atoms with Crippen LogP contribution in [-0.4, -0.2) is 34.6 Å². The van der Waals surface area contributed by atoms with Gasteiger partial charge in [-0.2, -0.15) is 0 Å². The molecule has 0 saturated carbocycles. The fourth-order valence-electron chi connectivity index (χ4n) is 2.39. The average Bonchev–Trinajstić information content (AvgIpc) is 2.88. The number of benzene rings is 1. The first-order valence-electron chi connectivity index (χ1n) is 6.54. The Labute approximate surface area is 116 Å². The molecule has 1 unspecified atom stereocenters. The van der Waals surface area contributed by atoms with E-state index in [-0.39, 0.29) is 11.9 Å². The second-order valence-corrected chi connectivity index (χ2v) is 4.92. The number of nitrogens with zero attached hydrogens (tertiary/aromatic N) is 1. The van der Waals surface area contributed by atoms with E-state index in [4.69, 9.17) is 5.11 Å². The van der Waals surface area contributed by atoms with Crippen molar-refractivity contribution in [2.45, 2.75) is 31.8 Å². The summed E-state index contributed by atoms with van der Waals surface area (Å²) in [5, 5.41) is 11.8. The number of likely N-dealkylation sites (tertiary alicyclic amines) is 1.